The maximum Gasteiger partial charge on any atom is 0.330 e. The number of benzene rings is 1. The van der Waals surface area contributed by atoms with Crippen LogP contribution in [-0.4, -0.2) is 88.6 Å². The molecule has 0 aliphatic carbocycles. The first-order valence-corrected chi connectivity index (χ1v) is 16.1. The fraction of sp³-hybridized carbons (Fsp3) is 0.517. The number of likely N-dealkylation sites (tertiary alicyclic amines) is 1. The lowest BCUT2D eigenvalue weighted by molar-refractivity contribution is 0.0492. The van der Waals surface area contributed by atoms with E-state index in [9.17, 15) is 13.2 Å². The summed E-state index contributed by atoms with van der Waals surface area (Å²) in [6.45, 7) is 5.80. The molecule has 3 aromatic heterocycles. The van der Waals surface area contributed by atoms with Gasteiger partial charge in [-0.3, -0.25) is 19.0 Å². The summed E-state index contributed by atoms with van der Waals surface area (Å²) in [4.78, 5) is 20.1. The lowest BCUT2D eigenvalue weighted by atomic mass is 10.0. The first-order chi connectivity index (χ1) is 19.7. The molecule has 0 unspecified atom stereocenters. The summed E-state index contributed by atoms with van der Waals surface area (Å²) in [6, 6.07) is 10.1. The van der Waals surface area contributed by atoms with Gasteiger partial charge in [0.2, 0.25) is 0 Å². The quantitative estimate of drug-likeness (QED) is 0.310. The lowest BCUT2D eigenvalue weighted by Crippen LogP contribution is -2.29. The molecule has 6 rings (SSSR count). The number of hydrogen-bond donors (Lipinski definition) is 0. The molecular formula is C29H36N6O5S. The van der Waals surface area contributed by atoms with Gasteiger partial charge >= 0.3 is 5.69 Å². The molecule has 0 spiro atoms. The van der Waals surface area contributed by atoms with Crippen LogP contribution in [0.3, 0.4) is 0 Å². The van der Waals surface area contributed by atoms with Crippen LogP contribution in [0.25, 0.3) is 33.2 Å². The van der Waals surface area contributed by atoms with E-state index in [4.69, 9.17) is 9.47 Å². The number of sulfone groups is 1. The molecule has 0 N–H and O–H groups in total. The highest BCUT2D eigenvalue weighted by Crippen LogP contribution is 2.31. The van der Waals surface area contributed by atoms with Crippen LogP contribution in [0.1, 0.15) is 44.0 Å². The molecule has 5 heterocycles. The van der Waals surface area contributed by atoms with E-state index in [-0.39, 0.29) is 23.1 Å². The summed E-state index contributed by atoms with van der Waals surface area (Å²) >= 11 is 0. The number of aryl methyl sites for hydroxylation is 1. The van der Waals surface area contributed by atoms with Crippen molar-refractivity contribution in [2.24, 2.45) is 7.05 Å². The molecule has 0 saturated carbocycles. The van der Waals surface area contributed by atoms with Crippen LogP contribution in [0.5, 0.6) is 0 Å². The summed E-state index contributed by atoms with van der Waals surface area (Å²) in [5.74, 6) is 0. The summed E-state index contributed by atoms with van der Waals surface area (Å²) in [5, 5.41) is 9.40. The van der Waals surface area contributed by atoms with Crippen LogP contribution in [0, 0.1) is 0 Å². The van der Waals surface area contributed by atoms with Crippen LogP contribution in [0.2, 0.25) is 0 Å². The van der Waals surface area contributed by atoms with Gasteiger partial charge in [-0.15, -0.1) is 10.2 Å². The normalized spacial score (nSPS) is 19.8. The average Bonchev–Trinajstić information content (AvgIpc) is 3.56. The van der Waals surface area contributed by atoms with Gasteiger partial charge < -0.3 is 9.47 Å². The standard InChI is InChI=1S/C29H36N6O5S/c1-19(40-15-12-34-11-8-23(18-34)41(3,37)38)25-6-5-21(17-30-25)20-4-7-26-24(16-20)27-28(32-31-26)33(2)29(36)35(27)22-9-13-39-14-10-22/h4-7,16-17,19,22-23H,8-15,18H2,1-3H3/t19-,23-/m1/s1. The summed E-state index contributed by atoms with van der Waals surface area (Å²) < 4.78 is 38.6. The van der Waals surface area contributed by atoms with Crippen molar-refractivity contribution in [1.29, 1.82) is 0 Å². The van der Waals surface area contributed by atoms with Crippen LogP contribution in [-0.2, 0) is 26.4 Å². The number of pyridine rings is 1. The zero-order valence-corrected chi connectivity index (χ0v) is 24.5. The highest BCUT2D eigenvalue weighted by Gasteiger charge is 2.30. The molecule has 4 aromatic rings. The van der Waals surface area contributed by atoms with Gasteiger partial charge in [0, 0.05) is 62.8 Å². The van der Waals surface area contributed by atoms with E-state index >= 15 is 0 Å². The van der Waals surface area contributed by atoms with E-state index in [1.807, 2.05) is 42.0 Å². The third-order valence-corrected chi connectivity index (χ3v) is 10.1. The van der Waals surface area contributed by atoms with Gasteiger partial charge in [0.25, 0.3) is 0 Å². The monoisotopic (exact) mass is 580 g/mol. The Morgan fingerprint density at radius 3 is 2.59 bits per heavy atom. The topological polar surface area (TPSA) is 121 Å². The molecule has 1 aromatic carbocycles. The van der Waals surface area contributed by atoms with Crippen LogP contribution >= 0.6 is 0 Å². The number of ether oxygens (including phenoxy) is 2. The zero-order valence-electron chi connectivity index (χ0n) is 23.7. The summed E-state index contributed by atoms with van der Waals surface area (Å²) in [5.41, 5.74) is 4.79. The third kappa shape index (κ3) is 5.53. The Labute approximate surface area is 239 Å². The minimum atomic E-state index is -3.00. The van der Waals surface area contributed by atoms with Crippen molar-refractivity contribution in [3.05, 3.63) is 52.7 Å². The van der Waals surface area contributed by atoms with Crippen LogP contribution < -0.4 is 5.69 Å². The van der Waals surface area contributed by atoms with Gasteiger partial charge in [-0.1, -0.05) is 12.1 Å². The van der Waals surface area contributed by atoms with E-state index in [2.05, 4.69) is 26.1 Å². The highest BCUT2D eigenvalue weighted by atomic mass is 32.2. The molecule has 0 radical (unpaired) electrons. The molecule has 41 heavy (non-hydrogen) atoms. The molecule has 2 saturated heterocycles. The largest absolute Gasteiger partial charge is 0.381 e. The van der Waals surface area contributed by atoms with Crippen molar-refractivity contribution in [2.75, 3.05) is 45.7 Å². The van der Waals surface area contributed by atoms with Gasteiger partial charge in [-0.25, -0.2) is 13.2 Å². The number of rotatable bonds is 8. The van der Waals surface area contributed by atoms with E-state index < -0.39 is 9.84 Å². The van der Waals surface area contributed by atoms with Gasteiger partial charge in [-0.05, 0) is 56.5 Å². The number of imidazole rings is 1. The predicted octanol–water partition coefficient (Wildman–Crippen LogP) is 2.89. The van der Waals surface area contributed by atoms with Crippen LogP contribution in [0.15, 0.2) is 41.3 Å². The Morgan fingerprint density at radius 2 is 1.88 bits per heavy atom. The van der Waals surface area contributed by atoms with E-state index in [0.29, 0.717) is 45.0 Å². The first kappa shape index (κ1) is 28.0. The predicted molar refractivity (Wildman–Crippen MR) is 157 cm³/mol. The molecular weight excluding hydrogens is 544 g/mol. The van der Waals surface area contributed by atoms with Crippen molar-refractivity contribution in [3.8, 4) is 11.1 Å². The smallest absolute Gasteiger partial charge is 0.330 e. The van der Waals surface area contributed by atoms with Crippen molar-refractivity contribution >= 4 is 31.9 Å². The number of fused-ring (bicyclic) bond motifs is 3. The second-order valence-electron chi connectivity index (χ2n) is 11.2. The third-order valence-electron chi connectivity index (χ3n) is 8.47. The Balaban J connectivity index is 1.20. The molecule has 2 aliphatic heterocycles. The number of hydrogen-bond acceptors (Lipinski definition) is 9. The minimum absolute atomic E-state index is 0.0602. The van der Waals surface area contributed by atoms with Gasteiger partial charge in [0.05, 0.1) is 29.2 Å². The fourth-order valence-electron chi connectivity index (χ4n) is 5.97. The fourth-order valence-corrected chi connectivity index (χ4v) is 6.98. The van der Waals surface area contributed by atoms with Crippen molar-refractivity contribution < 1.29 is 17.9 Å². The van der Waals surface area contributed by atoms with Crippen molar-refractivity contribution in [1.82, 2.24) is 29.2 Å². The second kappa shape index (κ2) is 11.2. The molecule has 2 atom stereocenters. The van der Waals surface area contributed by atoms with E-state index in [0.717, 1.165) is 52.6 Å². The van der Waals surface area contributed by atoms with Crippen molar-refractivity contribution in [3.63, 3.8) is 0 Å². The minimum Gasteiger partial charge on any atom is -0.381 e. The molecule has 2 aliphatic rings. The number of aromatic nitrogens is 5. The Hall–Kier alpha value is -3.19. The van der Waals surface area contributed by atoms with Gasteiger partial charge in [-0.2, -0.15) is 0 Å². The average molecular weight is 581 g/mol. The highest BCUT2D eigenvalue weighted by molar-refractivity contribution is 7.91. The van der Waals surface area contributed by atoms with Crippen molar-refractivity contribution in [2.45, 2.75) is 43.6 Å². The molecule has 0 amide bonds. The maximum absolute atomic E-state index is 13.3. The van der Waals surface area contributed by atoms with Gasteiger partial charge in [0.15, 0.2) is 15.5 Å². The van der Waals surface area contributed by atoms with E-state index in [1.54, 1.807) is 11.6 Å². The SMILES string of the molecule is C[C@@H](OCCN1CC[C@@H](S(C)(=O)=O)C1)c1ccc(-c2ccc3nnc4c(c3c2)n(C2CCOCC2)c(=O)n4C)cn1. The van der Waals surface area contributed by atoms with Gasteiger partial charge in [0.1, 0.15) is 5.52 Å². The zero-order chi connectivity index (χ0) is 28.7. The Morgan fingerprint density at radius 1 is 1.10 bits per heavy atom. The molecule has 218 valence electrons. The maximum atomic E-state index is 13.3. The summed E-state index contributed by atoms with van der Waals surface area (Å²) in [6.07, 6.45) is 5.22. The first-order valence-electron chi connectivity index (χ1n) is 14.1. The molecule has 12 heteroatoms. The van der Waals surface area contributed by atoms with Crippen LogP contribution in [0.4, 0.5) is 0 Å². The molecule has 11 nitrogen and oxygen atoms in total. The molecule has 2 fully saturated rings. The second-order valence-corrected chi connectivity index (χ2v) is 13.5. The Kier molecular flexibility index (Phi) is 7.66. The molecule has 0 bridgehead atoms. The van der Waals surface area contributed by atoms with E-state index in [1.165, 1.54) is 6.26 Å². The number of nitrogens with zero attached hydrogens (tertiary/aromatic N) is 6. The summed E-state index contributed by atoms with van der Waals surface area (Å²) in [7, 11) is -1.25. The lowest BCUT2D eigenvalue weighted by Gasteiger charge is -2.23. The Bertz CT molecular complexity index is 1730.